The molecule has 1 amide bonds. The Balaban J connectivity index is 2.05. The average molecular weight is 218 g/mol. The summed E-state index contributed by atoms with van der Waals surface area (Å²) < 4.78 is 0. The molecular weight excluding hydrogens is 200 g/mol. The third-order valence-electron chi connectivity index (χ3n) is 3.04. The van der Waals surface area contributed by atoms with Crippen LogP contribution in [0.4, 0.5) is 0 Å². The van der Waals surface area contributed by atoms with Crippen LogP contribution in [0.2, 0.25) is 0 Å². The summed E-state index contributed by atoms with van der Waals surface area (Å²) in [5.74, 6) is 0.0985. The maximum Gasteiger partial charge on any atom is 0.239 e. The molecule has 2 N–H and O–H groups in total. The summed E-state index contributed by atoms with van der Waals surface area (Å²) in [4.78, 5) is 13.8. The molecule has 1 saturated heterocycles. The summed E-state index contributed by atoms with van der Waals surface area (Å²) in [6.07, 6.45) is 2.94. The van der Waals surface area contributed by atoms with Crippen molar-refractivity contribution in [1.82, 2.24) is 4.90 Å². The van der Waals surface area contributed by atoms with E-state index in [1.807, 2.05) is 35.2 Å². The lowest BCUT2D eigenvalue weighted by Gasteiger charge is -2.22. The summed E-state index contributed by atoms with van der Waals surface area (Å²) in [5.41, 5.74) is 7.00. The summed E-state index contributed by atoms with van der Waals surface area (Å²) in [6.45, 7) is 1.52. The van der Waals surface area contributed by atoms with Crippen molar-refractivity contribution in [2.24, 2.45) is 5.73 Å². The zero-order valence-corrected chi connectivity index (χ0v) is 9.43. The van der Waals surface area contributed by atoms with Crippen LogP contribution < -0.4 is 5.73 Å². The van der Waals surface area contributed by atoms with E-state index < -0.39 is 0 Å². The molecule has 1 aliphatic rings. The van der Waals surface area contributed by atoms with Crippen molar-refractivity contribution in [3.63, 3.8) is 0 Å². The van der Waals surface area contributed by atoms with Crippen LogP contribution in [0.5, 0.6) is 0 Å². The number of hydrogen-bond acceptors (Lipinski definition) is 2. The molecule has 0 aliphatic carbocycles. The molecule has 1 aliphatic heterocycles. The molecule has 86 valence electrons. The second-order valence-corrected chi connectivity index (χ2v) is 4.35. The van der Waals surface area contributed by atoms with E-state index in [0.29, 0.717) is 6.54 Å². The van der Waals surface area contributed by atoms with Crippen molar-refractivity contribution in [1.29, 1.82) is 0 Å². The van der Waals surface area contributed by atoms with Crippen molar-refractivity contribution < 1.29 is 4.79 Å². The Bertz CT molecular complexity index is 350. The van der Waals surface area contributed by atoms with Crippen molar-refractivity contribution in [2.45, 2.75) is 31.8 Å². The van der Waals surface area contributed by atoms with Gasteiger partial charge in [-0.25, -0.2) is 0 Å². The Hall–Kier alpha value is -1.35. The first kappa shape index (κ1) is 11.1. The minimum absolute atomic E-state index is 0.0985. The quantitative estimate of drug-likeness (QED) is 0.818. The average Bonchev–Trinajstić information content (AvgIpc) is 2.46. The predicted molar refractivity (Wildman–Crippen MR) is 63.7 cm³/mol. The fourth-order valence-electron chi connectivity index (χ4n) is 2.10. The van der Waals surface area contributed by atoms with Gasteiger partial charge in [0.25, 0.3) is 0 Å². The van der Waals surface area contributed by atoms with E-state index in [2.05, 4.69) is 0 Å². The maximum atomic E-state index is 12.0. The number of nitrogens with zero attached hydrogens (tertiary/aromatic N) is 1. The Labute approximate surface area is 96.2 Å². The lowest BCUT2D eigenvalue weighted by Crippen LogP contribution is -2.41. The maximum absolute atomic E-state index is 12.0. The van der Waals surface area contributed by atoms with Gasteiger partial charge in [-0.1, -0.05) is 30.3 Å². The van der Waals surface area contributed by atoms with Gasteiger partial charge in [0.2, 0.25) is 5.91 Å². The van der Waals surface area contributed by atoms with Gasteiger partial charge in [0, 0.05) is 13.1 Å². The van der Waals surface area contributed by atoms with Gasteiger partial charge >= 0.3 is 0 Å². The normalized spacial score (nSPS) is 21.9. The summed E-state index contributed by atoms with van der Waals surface area (Å²) in [5, 5.41) is 0. The van der Waals surface area contributed by atoms with E-state index in [-0.39, 0.29) is 11.9 Å². The summed E-state index contributed by atoms with van der Waals surface area (Å²) in [6, 6.07) is 9.77. The molecule has 0 unspecified atom stereocenters. The molecule has 0 radical (unpaired) electrons. The molecule has 16 heavy (non-hydrogen) atoms. The third-order valence-corrected chi connectivity index (χ3v) is 3.04. The SMILES string of the molecule is N[C@@H]1CCCCN(Cc2ccccc2)C1=O. The number of carbonyl (C=O) groups excluding carboxylic acids is 1. The predicted octanol–water partition coefficient (Wildman–Crippen LogP) is 1.53. The van der Waals surface area contributed by atoms with E-state index in [1.165, 1.54) is 5.56 Å². The summed E-state index contributed by atoms with van der Waals surface area (Å²) in [7, 11) is 0. The van der Waals surface area contributed by atoms with Gasteiger partial charge in [-0.05, 0) is 24.8 Å². The number of rotatable bonds is 2. The molecule has 3 heteroatoms. The van der Waals surface area contributed by atoms with Gasteiger partial charge in [0.1, 0.15) is 0 Å². The van der Waals surface area contributed by atoms with Crippen LogP contribution in [-0.4, -0.2) is 23.4 Å². The topological polar surface area (TPSA) is 46.3 Å². The van der Waals surface area contributed by atoms with Crippen LogP contribution in [0.25, 0.3) is 0 Å². The lowest BCUT2D eigenvalue weighted by molar-refractivity contribution is -0.132. The Kier molecular flexibility index (Phi) is 3.57. The minimum Gasteiger partial charge on any atom is -0.337 e. The number of amides is 1. The number of carbonyl (C=O) groups is 1. The van der Waals surface area contributed by atoms with Crippen LogP contribution in [0, 0.1) is 0 Å². The Morgan fingerprint density at radius 2 is 2.00 bits per heavy atom. The number of hydrogen-bond donors (Lipinski definition) is 1. The van der Waals surface area contributed by atoms with Gasteiger partial charge < -0.3 is 10.6 Å². The first-order valence-electron chi connectivity index (χ1n) is 5.85. The first-order chi connectivity index (χ1) is 7.77. The van der Waals surface area contributed by atoms with Crippen LogP contribution in [0.3, 0.4) is 0 Å². The Morgan fingerprint density at radius 1 is 1.25 bits per heavy atom. The molecule has 0 bridgehead atoms. The van der Waals surface area contributed by atoms with Crippen molar-refractivity contribution in [2.75, 3.05) is 6.54 Å². The molecule has 1 aromatic carbocycles. The fourth-order valence-corrected chi connectivity index (χ4v) is 2.10. The summed E-state index contributed by atoms with van der Waals surface area (Å²) >= 11 is 0. The lowest BCUT2D eigenvalue weighted by atomic mass is 10.1. The van der Waals surface area contributed by atoms with Gasteiger partial charge in [0.05, 0.1) is 6.04 Å². The second kappa shape index (κ2) is 5.12. The minimum atomic E-state index is -0.300. The van der Waals surface area contributed by atoms with Crippen LogP contribution in [-0.2, 0) is 11.3 Å². The van der Waals surface area contributed by atoms with E-state index in [1.54, 1.807) is 0 Å². The number of likely N-dealkylation sites (tertiary alicyclic amines) is 1. The fraction of sp³-hybridized carbons (Fsp3) is 0.462. The zero-order chi connectivity index (χ0) is 11.4. The van der Waals surface area contributed by atoms with E-state index in [9.17, 15) is 4.79 Å². The first-order valence-corrected chi connectivity index (χ1v) is 5.85. The highest BCUT2D eigenvalue weighted by Crippen LogP contribution is 2.13. The van der Waals surface area contributed by atoms with Crippen LogP contribution in [0.15, 0.2) is 30.3 Å². The molecule has 1 aromatic rings. The van der Waals surface area contributed by atoms with Crippen molar-refractivity contribution in [3.8, 4) is 0 Å². The molecule has 0 aromatic heterocycles. The molecule has 0 spiro atoms. The number of nitrogens with two attached hydrogens (primary N) is 1. The molecule has 1 fully saturated rings. The van der Waals surface area contributed by atoms with E-state index in [0.717, 1.165) is 25.8 Å². The van der Waals surface area contributed by atoms with Gasteiger partial charge in [-0.2, -0.15) is 0 Å². The largest absolute Gasteiger partial charge is 0.337 e. The van der Waals surface area contributed by atoms with Crippen LogP contribution >= 0.6 is 0 Å². The highest BCUT2D eigenvalue weighted by atomic mass is 16.2. The monoisotopic (exact) mass is 218 g/mol. The van der Waals surface area contributed by atoms with Crippen molar-refractivity contribution in [3.05, 3.63) is 35.9 Å². The van der Waals surface area contributed by atoms with Crippen LogP contribution in [0.1, 0.15) is 24.8 Å². The molecule has 1 atom stereocenters. The van der Waals surface area contributed by atoms with E-state index in [4.69, 9.17) is 5.73 Å². The van der Waals surface area contributed by atoms with Gasteiger partial charge in [-0.3, -0.25) is 4.79 Å². The Morgan fingerprint density at radius 3 is 2.75 bits per heavy atom. The highest BCUT2D eigenvalue weighted by molar-refractivity contribution is 5.81. The molecular formula is C13H18N2O. The number of benzene rings is 1. The van der Waals surface area contributed by atoms with Crippen molar-refractivity contribution >= 4 is 5.91 Å². The van der Waals surface area contributed by atoms with E-state index >= 15 is 0 Å². The molecule has 0 saturated carbocycles. The zero-order valence-electron chi connectivity index (χ0n) is 9.43. The molecule has 2 rings (SSSR count). The van der Waals surface area contributed by atoms with Gasteiger partial charge in [0.15, 0.2) is 0 Å². The third kappa shape index (κ3) is 2.61. The smallest absolute Gasteiger partial charge is 0.239 e. The highest BCUT2D eigenvalue weighted by Gasteiger charge is 2.23. The molecule has 3 nitrogen and oxygen atoms in total. The molecule has 1 heterocycles. The second-order valence-electron chi connectivity index (χ2n) is 4.35. The van der Waals surface area contributed by atoms with Gasteiger partial charge in [-0.15, -0.1) is 0 Å². The standard InChI is InChI=1S/C13H18N2O/c14-12-8-4-5-9-15(13(12)16)10-11-6-2-1-3-7-11/h1-3,6-7,12H,4-5,8-10,14H2/t12-/m1/s1.